The zero-order valence-corrected chi connectivity index (χ0v) is 12.3. The first-order chi connectivity index (χ1) is 10.3. The fourth-order valence-electron chi connectivity index (χ4n) is 3.59. The van der Waals surface area contributed by atoms with Gasteiger partial charge < -0.3 is 4.57 Å². The van der Waals surface area contributed by atoms with E-state index in [2.05, 4.69) is 21.6 Å². The lowest BCUT2D eigenvalue weighted by Crippen LogP contribution is -2.43. The van der Waals surface area contributed by atoms with E-state index in [1.54, 1.807) is 0 Å². The second kappa shape index (κ2) is 5.16. The number of nitriles is 1. The Hall–Kier alpha value is -1.86. The van der Waals surface area contributed by atoms with Gasteiger partial charge in [-0.2, -0.15) is 5.26 Å². The maximum atomic E-state index is 9.03. The molecule has 0 spiro atoms. The number of rotatable bonds is 1. The van der Waals surface area contributed by atoms with E-state index in [1.165, 1.54) is 43.6 Å². The Kier molecular flexibility index (Phi) is 3.16. The first-order valence-electron chi connectivity index (χ1n) is 7.98. The lowest BCUT2D eigenvalue weighted by Gasteiger charge is -2.38. The van der Waals surface area contributed by atoms with Crippen LogP contribution in [-0.2, 0) is 13.0 Å². The monoisotopic (exact) mass is 280 g/mol. The number of hydrogen-bond acceptors (Lipinski definition) is 3. The molecule has 1 aromatic carbocycles. The van der Waals surface area contributed by atoms with Gasteiger partial charge in [0.2, 0.25) is 0 Å². The van der Waals surface area contributed by atoms with Crippen molar-refractivity contribution in [1.82, 2.24) is 14.5 Å². The summed E-state index contributed by atoms with van der Waals surface area (Å²) in [5.41, 5.74) is 2.85. The van der Waals surface area contributed by atoms with Gasteiger partial charge in [0.25, 0.3) is 0 Å². The fourth-order valence-corrected chi connectivity index (χ4v) is 3.59. The quantitative estimate of drug-likeness (QED) is 0.807. The van der Waals surface area contributed by atoms with Crippen molar-refractivity contribution in [1.29, 1.82) is 5.26 Å². The van der Waals surface area contributed by atoms with Crippen molar-refractivity contribution >= 4 is 11.0 Å². The lowest BCUT2D eigenvalue weighted by atomic mass is 9.91. The van der Waals surface area contributed by atoms with E-state index in [-0.39, 0.29) is 0 Å². The minimum atomic E-state index is 0.699. The van der Waals surface area contributed by atoms with E-state index >= 15 is 0 Å². The highest BCUT2D eigenvalue weighted by Gasteiger charge is 2.26. The molecule has 0 saturated heterocycles. The van der Waals surface area contributed by atoms with Crippen molar-refractivity contribution < 1.29 is 0 Å². The van der Waals surface area contributed by atoms with Crippen molar-refractivity contribution in [2.75, 3.05) is 13.1 Å². The molecule has 2 aliphatic rings. The molecular formula is C17H20N4. The van der Waals surface area contributed by atoms with Gasteiger partial charge in [0.15, 0.2) is 0 Å². The van der Waals surface area contributed by atoms with Gasteiger partial charge in [-0.15, -0.1) is 0 Å². The van der Waals surface area contributed by atoms with E-state index in [0.717, 1.165) is 31.1 Å². The van der Waals surface area contributed by atoms with E-state index < -0.39 is 0 Å². The standard InChI is InChI=1S/C17H20N4/c18-12-13-5-6-16-15(11-13)19-17-7-10-20(14-3-1-4-14)8-2-9-21(16)17/h5-6,11,14H,1-4,7-10H2. The number of benzene rings is 1. The third-order valence-electron chi connectivity index (χ3n) is 5.00. The third kappa shape index (κ3) is 2.22. The van der Waals surface area contributed by atoms with Crippen LogP contribution in [0.25, 0.3) is 11.0 Å². The van der Waals surface area contributed by atoms with Crippen LogP contribution in [0.15, 0.2) is 18.2 Å². The molecule has 1 aliphatic heterocycles. The Morgan fingerprint density at radius 2 is 2.05 bits per heavy atom. The van der Waals surface area contributed by atoms with Crippen molar-refractivity contribution in [3.8, 4) is 6.07 Å². The minimum absolute atomic E-state index is 0.699. The molecule has 1 saturated carbocycles. The zero-order chi connectivity index (χ0) is 14.2. The average molecular weight is 280 g/mol. The summed E-state index contributed by atoms with van der Waals surface area (Å²) in [6.45, 7) is 3.38. The summed E-state index contributed by atoms with van der Waals surface area (Å²) in [7, 11) is 0. The second-order valence-electron chi connectivity index (χ2n) is 6.22. The Balaban J connectivity index is 1.65. The molecule has 108 valence electrons. The highest BCUT2D eigenvalue weighted by atomic mass is 15.2. The van der Waals surface area contributed by atoms with E-state index in [4.69, 9.17) is 10.2 Å². The van der Waals surface area contributed by atoms with E-state index in [9.17, 15) is 0 Å². The molecule has 0 unspecified atom stereocenters. The van der Waals surface area contributed by atoms with Crippen LogP contribution in [0.5, 0.6) is 0 Å². The predicted octanol–water partition coefficient (Wildman–Crippen LogP) is 2.71. The van der Waals surface area contributed by atoms with Crippen LogP contribution in [0.3, 0.4) is 0 Å². The van der Waals surface area contributed by atoms with Gasteiger partial charge in [0.05, 0.1) is 22.7 Å². The lowest BCUT2D eigenvalue weighted by molar-refractivity contribution is 0.120. The molecule has 1 fully saturated rings. The number of aromatic nitrogens is 2. The zero-order valence-electron chi connectivity index (χ0n) is 12.3. The summed E-state index contributed by atoms with van der Waals surface area (Å²) in [4.78, 5) is 7.45. The minimum Gasteiger partial charge on any atom is -0.328 e. The summed E-state index contributed by atoms with van der Waals surface area (Å²) < 4.78 is 2.36. The van der Waals surface area contributed by atoms with Crippen LogP contribution >= 0.6 is 0 Å². The van der Waals surface area contributed by atoms with Crippen molar-refractivity contribution in [3.05, 3.63) is 29.6 Å². The number of nitrogens with zero attached hydrogens (tertiary/aromatic N) is 4. The second-order valence-corrected chi connectivity index (χ2v) is 6.22. The SMILES string of the molecule is N#Cc1ccc2c(c1)nc1n2CCCN(C2CCC2)CC1. The van der Waals surface area contributed by atoms with Crippen LogP contribution in [0.1, 0.15) is 37.1 Å². The summed E-state index contributed by atoms with van der Waals surface area (Å²) >= 11 is 0. The molecule has 2 aromatic rings. The normalized spacial score (nSPS) is 20.3. The van der Waals surface area contributed by atoms with Crippen molar-refractivity contribution in [3.63, 3.8) is 0 Å². The molecule has 0 radical (unpaired) electrons. The van der Waals surface area contributed by atoms with Gasteiger partial charge in [0.1, 0.15) is 5.82 Å². The molecular weight excluding hydrogens is 260 g/mol. The molecule has 4 nitrogen and oxygen atoms in total. The molecule has 0 bridgehead atoms. The molecule has 21 heavy (non-hydrogen) atoms. The van der Waals surface area contributed by atoms with Gasteiger partial charge in [-0.25, -0.2) is 4.98 Å². The summed E-state index contributed by atoms with van der Waals surface area (Å²) in [6.07, 6.45) is 6.36. The number of imidazole rings is 1. The van der Waals surface area contributed by atoms with Crippen LogP contribution in [0.2, 0.25) is 0 Å². The van der Waals surface area contributed by atoms with Gasteiger partial charge in [-0.05, 0) is 37.5 Å². The van der Waals surface area contributed by atoms with E-state index in [1.807, 2.05) is 12.1 Å². The average Bonchev–Trinajstić information content (AvgIpc) is 2.76. The Morgan fingerprint density at radius 1 is 1.14 bits per heavy atom. The molecule has 4 heteroatoms. The first-order valence-corrected chi connectivity index (χ1v) is 7.98. The molecule has 0 atom stereocenters. The third-order valence-corrected chi connectivity index (χ3v) is 5.00. The Morgan fingerprint density at radius 3 is 2.81 bits per heavy atom. The smallest absolute Gasteiger partial charge is 0.111 e. The summed E-state index contributed by atoms with van der Waals surface area (Å²) in [5.74, 6) is 1.18. The predicted molar refractivity (Wildman–Crippen MR) is 82.0 cm³/mol. The molecule has 2 heterocycles. The van der Waals surface area contributed by atoms with Crippen LogP contribution in [0.4, 0.5) is 0 Å². The Bertz CT molecular complexity index is 705. The molecule has 4 rings (SSSR count). The van der Waals surface area contributed by atoms with E-state index in [0.29, 0.717) is 5.56 Å². The van der Waals surface area contributed by atoms with Crippen LogP contribution < -0.4 is 0 Å². The maximum absolute atomic E-state index is 9.03. The number of fused-ring (bicyclic) bond motifs is 3. The highest BCUT2D eigenvalue weighted by Crippen LogP contribution is 2.27. The Labute approximate surface area is 125 Å². The fraction of sp³-hybridized carbons (Fsp3) is 0.529. The van der Waals surface area contributed by atoms with Gasteiger partial charge >= 0.3 is 0 Å². The molecule has 1 aliphatic carbocycles. The topological polar surface area (TPSA) is 44.9 Å². The number of aryl methyl sites for hydroxylation is 1. The van der Waals surface area contributed by atoms with Gasteiger partial charge in [0, 0.05) is 32.1 Å². The molecule has 0 N–H and O–H groups in total. The largest absolute Gasteiger partial charge is 0.328 e. The van der Waals surface area contributed by atoms with Gasteiger partial charge in [-0.3, -0.25) is 4.90 Å². The van der Waals surface area contributed by atoms with Crippen LogP contribution in [-0.4, -0.2) is 33.6 Å². The van der Waals surface area contributed by atoms with Crippen molar-refractivity contribution in [2.45, 2.75) is 44.7 Å². The summed E-state index contributed by atoms with van der Waals surface area (Å²) in [5, 5.41) is 9.03. The molecule has 0 amide bonds. The summed E-state index contributed by atoms with van der Waals surface area (Å²) in [6, 6.07) is 8.89. The first kappa shape index (κ1) is 12.8. The number of hydrogen-bond donors (Lipinski definition) is 0. The molecule has 1 aromatic heterocycles. The van der Waals surface area contributed by atoms with Gasteiger partial charge in [-0.1, -0.05) is 6.42 Å². The maximum Gasteiger partial charge on any atom is 0.111 e. The van der Waals surface area contributed by atoms with Crippen LogP contribution in [0, 0.1) is 11.3 Å². The van der Waals surface area contributed by atoms with Crippen molar-refractivity contribution in [2.24, 2.45) is 0 Å². The highest BCUT2D eigenvalue weighted by molar-refractivity contribution is 5.77.